The molecular weight excluding hydrogens is 1090 g/mol. The molecule has 0 bridgehead atoms. The van der Waals surface area contributed by atoms with Crippen molar-refractivity contribution in [2.45, 2.75) is 153 Å². The first-order chi connectivity index (χ1) is 38.9. The number of ketones is 1. The molecule has 1 rings (SSSR count). The molecule has 28 N–H and O–H groups in total. The maximum atomic E-state index is 13.3. The molecule has 83 heavy (non-hydrogen) atoms. The van der Waals surface area contributed by atoms with Gasteiger partial charge in [-0.3, -0.25) is 68.4 Å². The first-order valence-electron chi connectivity index (χ1n) is 26.7. The molecule has 466 valence electrons. The van der Waals surface area contributed by atoms with Gasteiger partial charge in [-0.1, -0.05) is 45.9 Å². The van der Waals surface area contributed by atoms with Gasteiger partial charge in [0.25, 0.3) is 17.7 Å². The van der Waals surface area contributed by atoms with Gasteiger partial charge < -0.3 is 92.9 Å². The Morgan fingerprint density at radius 1 is 0.506 bits per heavy atom. The number of unbranched alkanes of at least 4 members (excludes halogenated alkanes) is 2. The van der Waals surface area contributed by atoms with E-state index < -0.39 is 144 Å². The molecule has 9 amide bonds. The molecule has 33 nitrogen and oxygen atoms in total. The number of hydrazine groups is 1. The van der Waals surface area contributed by atoms with E-state index in [-0.39, 0.29) is 43.2 Å². The summed E-state index contributed by atoms with van der Waals surface area (Å²) < 4.78 is 0. The number of imide groups is 1. The summed E-state index contributed by atoms with van der Waals surface area (Å²) in [6.07, 6.45) is 1.74. The van der Waals surface area contributed by atoms with Crippen LogP contribution in [0, 0.1) is 22.7 Å². The van der Waals surface area contributed by atoms with Gasteiger partial charge in [-0.2, -0.15) is 0 Å². The summed E-state index contributed by atoms with van der Waals surface area (Å²) in [5.41, 5.74) is 38.5. The quantitative estimate of drug-likeness (QED) is 0.00558. The monoisotopic (exact) mass is 1180 g/mol. The Morgan fingerprint density at radius 2 is 0.867 bits per heavy atom. The summed E-state index contributed by atoms with van der Waals surface area (Å²) in [7, 11) is 0. The third kappa shape index (κ3) is 30.3. The zero-order chi connectivity index (χ0) is 63.5. The van der Waals surface area contributed by atoms with Gasteiger partial charge in [0.1, 0.15) is 30.2 Å². The number of aliphatic carboxylic acids is 2. The Bertz CT molecular complexity index is 2360. The zero-order valence-electron chi connectivity index (χ0n) is 47.3. The fourth-order valence-corrected chi connectivity index (χ4v) is 7.42. The molecule has 0 aliphatic heterocycles. The highest BCUT2D eigenvalue weighted by Crippen LogP contribution is 2.12. The fraction of sp³-hybridized carbons (Fsp3) is 0.600. The molecule has 0 fully saturated rings. The minimum atomic E-state index is -1.65. The normalized spacial score (nSPS) is 13.7. The first-order valence-corrected chi connectivity index (χ1v) is 26.7. The summed E-state index contributed by atoms with van der Waals surface area (Å²) in [5.74, 6) is -7.78. The third-order valence-electron chi connectivity index (χ3n) is 12.1. The molecule has 8 atom stereocenters. The summed E-state index contributed by atoms with van der Waals surface area (Å²) in [6, 6.07) is -2.53. The number of amides is 9. The van der Waals surface area contributed by atoms with E-state index in [1.807, 2.05) is 0 Å². The van der Waals surface area contributed by atoms with Crippen LogP contribution in [0.1, 0.15) is 115 Å². The van der Waals surface area contributed by atoms with Crippen molar-refractivity contribution in [2.24, 2.45) is 57.8 Å². The van der Waals surface area contributed by atoms with Gasteiger partial charge in [0.2, 0.25) is 41.2 Å². The van der Waals surface area contributed by atoms with Crippen molar-refractivity contribution in [3.8, 4) is 0 Å². The molecule has 0 saturated heterocycles. The predicted molar refractivity (Wildman–Crippen MR) is 302 cm³/mol. The highest BCUT2D eigenvalue weighted by Gasteiger charge is 2.37. The molecule has 0 heterocycles. The Balaban J connectivity index is 0.00000165. The number of nitrogens with two attached hydrogens (primary N) is 8. The van der Waals surface area contributed by atoms with Crippen molar-refractivity contribution in [3.63, 3.8) is 0 Å². The van der Waals surface area contributed by atoms with Gasteiger partial charge in [0.15, 0.2) is 11.9 Å². The van der Waals surface area contributed by atoms with E-state index in [1.54, 1.807) is 45.9 Å². The van der Waals surface area contributed by atoms with Gasteiger partial charge in [-0.25, -0.2) is 10.9 Å². The molecule has 0 unspecified atom stereocenters. The number of hydrogen-bond donors (Lipinski definition) is 20. The second kappa shape index (κ2) is 39.9. The van der Waals surface area contributed by atoms with Crippen LogP contribution in [-0.4, -0.2) is 173 Å². The lowest BCUT2D eigenvalue weighted by Crippen LogP contribution is -2.60. The molecule has 0 aliphatic rings. The highest BCUT2D eigenvalue weighted by atomic mass is 16.4. The SMILES string of the molecule is CC(C)[C@H](NC(=O)[C@H](CC(=O)O)NC(=O)[C@H](CCCCN)NC(=O)[C@@H](N)CCCNC(=N)N)C(=O)C(N)=O.CC(C)[C@H](NC(=O)[C@H](CC(=O)O)NC(=O)[C@H](CCCCN)NC(=O)[C@@H](N)CCCNC(=N)N)C(=O)N(N)C(=O)c1ccccc1. The van der Waals surface area contributed by atoms with Gasteiger partial charge in [0, 0.05) is 18.7 Å². The van der Waals surface area contributed by atoms with Crippen LogP contribution < -0.4 is 88.5 Å². The van der Waals surface area contributed by atoms with E-state index in [2.05, 4.69) is 42.5 Å². The van der Waals surface area contributed by atoms with Crippen LogP contribution in [0.3, 0.4) is 0 Å². The van der Waals surface area contributed by atoms with E-state index in [9.17, 15) is 67.7 Å². The number of nitrogens with zero attached hydrogens (tertiary/aromatic N) is 1. The molecule has 0 saturated carbocycles. The first kappa shape index (κ1) is 74.6. The smallest absolute Gasteiger partial charge is 0.305 e. The Hall–Kier alpha value is -8.40. The number of carbonyl (C=O) groups is 12. The second-order valence-electron chi connectivity index (χ2n) is 19.8. The minimum absolute atomic E-state index is 0.117. The van der Waals surface area contributed by atoms with E-state index in [0.717, 1.165) is 0 Å². The number of hydrogen-bond acceptors (Lipinski definition) is 19. The maximum absolute atomic E-state index is 13.3. The fourth-order valence-electron chi connectivity index (χ4n) is 7.42. The summed E-state index contributed by atoms with van der Waals surface area (Å²) in [4.78, 5) is 150. The Labute approximate surface area is 480 Å². The largest absolute Gasteiger partial charge is 0.481 e. The van der Waals surface area contributed by atoms with Crippen LogP contribution in [0.15, 0.2) is 30.3 Å². The highest BCUT2D eigenvalue weighted by molar-refractivity contribution is 6.38. The topological polar surface area (TPSA) is 601 Å². The van der Waals surface area contributed by atoms with Crippen molar-refractivity contribution < 1.29 is 67.7 Å². The number of primary amides is 1. The average Bonchev–Trinajstić information content (AvgIpc) is 3.57. The van der Waals surface area contributed by atoms with Crippen molar-refractivity contribution in [1.29, 1.82) is 10.8 Å². The Kier molecular flexibility index (Phi) is 35.9. The van der Waals surface area contributed by atoms with Crippen molar-refractivity contribution in [2.75, 3.05) is 26.2 Å². The number of rotatable bonds is 38. The number of carboxylic acid groups (broad SMARTS) is 2. The van der Waals surface area contributed by atoms with E-state index in [1.165, 1.54) is 12.1 Å². The number of benzene rings is 1. The molecule has 33 heteroatoms. The van der Waals surface area contributed by atoms with Crippen LogP contribution in [0.5, 0.6) is 0 Å². The number of guanidine groups is 2. The second-order valence-corrected chi connectivity index (χ2v) is 19.8. The van der Waals surface area contributed by atoms with Gasteiger partial charge in [-0.05, 0) is 101 Å². The van der Waals surface area contributed by atoms with Crippen molar-refractivity contribution >= 4 is 82.8 Å². The van der Waals surface area contributed by atoms with Crippen LogP contribution in [0.4, 0.5) is 0 Å². The Morgan fingerprint density at radius 3 is 1.20 bits per heavy atom. The molecule has 0 spiro atoms. The summed E-state index contributed by atoms with van der Waals surface area (Å²) >= 11 is 0. The summed E-state index contributed by atoms with van der Waals surface area (Å²) in [5, 5.41) is 52.9. The zero-order valence-corrected chi connectivity index (χ0v) is 47.3. The molecule has 1 aromatic carbocycles. The number of nitrogens with one attached hydrogen (secondary N) is 10. The predicted octanol–water partition coefficient (Wildman–Crippen LogP) is -5.82. The minimum Gasteiger partial charge on any atom is -0.481 e. The molecule has 1 aromatic rings. The maximum Gasteiger partial charge on any atom is 0.305 e. The van der Waals surface area contributed by atoms with Crippen LogP contribution in [-0.2, 0) is 52.7 Å². The van der Waals surface area contributed by atoms with E-state index in [4.69, 9.17) is 56.8 Å². The standard InChI is InChI=1S/C28H46N10O7.C22H41N9O7/c1-16(2)22(27(45)38(33)26(44)17-9-4-3-5-10-17)37-25(43)20(15-21(39)40)36-24(42)19(12-6-7-13-29)35-23(41)18(30)11-8-14-34-28(31)32;1-11(2)16(17(34)18(25)35)31-21(38)14(10-15(32)33)30-20(37)13(7-3-4-8-23)29-19(36)12(24)6-5-9-28-22(26)27/h3-5,9-10,16,18-20,22H,6-8,11-15,29-30,33H2,1-2H3,(H,35,41)(H,36,42)(H,37,43)(H,39,40)(H4,31,32,34);11-14,16H,3-10,23-24H2,1-2H3,(H2,25,35)(H,29,36)(H,30,37)(H,31,38)(H,32,33)(H4,26,27,28)/t18-,19-,20-,22-;12-,13-,14-,16-/m00/s1. The van der Waals surface area contributed by atoms with Crippen LogP contribution >= 0.6 is 0 Å². The van der Waals surface area contributed by atoms with Gasteiger partial charge >= 0.3 is 11.9 Å². The van der Waals surface area contributed by atoms with E-state index >= 15 is 0 Å². The van der Waals surface area contributed by atoms with E-state index in [0.29, 0.717) is 69.7 Å². The molecule has 0 aliphatic carbocycles. The molecule has 0 radical (unpaired) electrons. The summed E-state index contributed by atoms with van der Waals surface area (Å²) in [6.45, 7) is 7.53. The van der Waals surface area contributed by atoms with Crippen LogP contribution in [0.25, 0.3) is 0 Å². The molecule has 0 aromatic heterocycles. The lowest BCUT2D eigenvalue weighted by Gasteiger charge is -2.28. The van der Waals surface area contributed by atoms with Crippen molar-refractivity contribution in [3.05, 3.63) is 35.9 Å². The number of carboxylic acids is 2. The van der Waals surface area contributed by atoms with Gasteiger partial charge in [-0.15, -0.1) is 0 Å². The lowest BCUT2D eigenvalue weighted by atomic mass is 9.98. The molecular formula is C50H87N19O14. The number of Topliss-reactive ketones (excluding diaryl/α,β-unsaturated/α-hetero) is 1. The van der Waals surface area contributed by atoms with Gasteiger partial charge in [0.05, 0.1) is 31.0 Å². The number of carbonyl (C=O) groups excluding carboxylic acids is 10. The average molecular weight is 1180 g/mol. The van der Waals surface area contributed by atoms with Crippen molar-refractivity contribution in [1.82, 2.24) is 47.5 Å². The third-order valence-corrected chi connectivity index (χ3v) is 12.1. The lowest BCUT2D eigenvalue weighted by molar-refractivity contribution is -0.143. The van der Waals surface area contributed by atoms with Crippen LogP contribution in [0.2, 0.25) is 0 Å².